The molecule has 0 fully saturated rings. The fourth-order valence-corrected chi connectivity index (χ4v) is 3.23. The third-order valence-electron chi connectivity index (χ3n) is 4.68. The molecular weight excluding hydrogens is 434 g/mol. The van der Waals surface area contributed by atoms with Crippen LogP contribution in [-0.4, -0.2) is 42.4 Å². The van der Waals surface area contributed by atoms with Crippen molar-refractivity contribution in [3.8, 4) is 11.4 Å². The van der Waals surface area contributed by atoms with Gasteiger partial charge in [-0.3, -0.25) is 9.48 Å². The number of aryl methyl sites for hydroxylation is 2. The molecule has 0 unspecified atom stereocenters. The number of aliphatic hydroxyl groups excluding tert-OH is 1. The number of benzene rings is 1. The average Bonchev–Trinajstić information content (AvgIpc) is 3.43. The summed E-state index contributed by atoms with van der Waals surface area (Å²) in [4.78, 5) is 25.4. The van der Waals surface area contributed by atoms with Crippen LogP contribution in [0.4, 0.5) is 11.8 Å². The van der Waals surface area contributed by atoms with Crippen molar-refractivity contribution in [1.29, 1.82) is 0 Å². The molecule has 1 aromatic carbocycles. The quantitative estimate of drug-likeness (QED) is 0.389. The molecule has 0 aliphatic rings. The number of aromatic nitrogens is 5. The highest BCUT2D eigenvalue weighted by molar-refractivity contribution is 6.32. The topological polar surface area (TPSA) is 131 Å². The van der Waals surface area contributed by atoms with Gasteiger partial charge in [0.2, 0.25) is 5.95 Å². The summed E-state index contributed by atoms with van der Waals surface area (Å²) in [6.45, 7) is 1.66. The molecule has 11 heteroatoms. The van der Waals surface area contributed by atoms with Gasteiger partial charge in [0.15, 0.2) is 0 Å². The van der Waals surface area contributed by atoms with Crippen LogP contribution < -0.4 is 10.6 Å². The fraction of sp³-hybridized carbons (Fsp3) is 0.190. The summed E-state index contributed by atoms with van der Waals surface area (Å²) in [6, 6.07) is 8.67. The monoisotopic (exact) mass is 453 g/mol. The predicted octanol–water partition coefficient (Wildman–Crippen LogP) is 3.03. The number of rotatable bonds is 7. The summed E-state index contributed by atoms with van der Waals surface area (Å²) in [5.74, 6) is 0.212. The van der Waals surface area contributed by atoms with E-state index in [1.54, 1.807) is 24.0 Å². The Morgan fingerprint density at radius 3 is 2.88 bits per heavy atom. The SMILES string of the molecule is Cc1cccc([C@@H](CO)NC(=O)c2nc(-c3nc(Nc4ccnn4C)ncc3Cl)co2)c1. The number of anilines is 2. The van der Waals surface area contributed by atoms with Crippen molar-refractivity contribution in [1.82, 2.24) is 30.0 Å². The lowest BCUT2D eigenvalue weighted by molar-refractivity contribution is 0.0881. The molecule has 3 heterocycles. The second kappa shape index (κ2) is 9.16. The number of carbonyl (C=O) groups is 1. The Morgan fingerprint density at radius 2 is 2.16 bits per heavy atom. The molecule has 0 aliphatic carbocycles. The van der Waals surface area contributed by atoms with Gasteiger partial charge in [-0.15, -0.1) is 0 Å². The van der Waals surface area contributed by atoms with E-state index in [1.165, 1.54) is 12.5 Å². The molecule has 0 radical (unpaired) electrons. The summed E-state index contributed by atoms with van der Waals surface area (Å²) in [5, 5.41) is 19.8. The van der Waals surface area contributed by atoms with E-state index in [-0.39, 0.29) is 29.2 Å². The smallest absolute Gasteiger partial charge is 0.307 e. The minimum atomic E-state index is -0.602. The second-order valence-corrected chi connectivity index (χ2v) is 7.42. The molecule has 10 nitrogen and oxygen atoms in total. The molecule has 4 aromatic rings. The molecule has 1 amide bonds. The Kier molecular flexibility index (Phi) is 6.15. The van der Waals surface area contributed by atoms with Crippen molar-refractivity contribution in [2.24, 2.45) is 7.05 Å². The number of hydrogen-bond donors (Lipinski definition) is 3. The zero-order valence-electron chi connectivity index (χ0n) is 17.3. The Bertz CT molecular complexity index is 1250. The number of nitrogens with zero attached hydrogens (tertiary/aromatic N) is 5. The Hall–Kier alpha value is -3.76. The van der Waals surface area contributed by atoms with E-state index in [9.17, 15) is 9.90 Å². The lowest BCUT2D eigenvalue weighted by atomic mass is 10.1. The van der Waals surface area contributed by atoms with Crippen LogP contribution in [-0.2, 0) is 7.05 Å². The first-order valence-corrected chi connectivity index (χ1v) is 10.0. The third kappa shape index (κ3) is 4.61. The lowest BCUT2D eigenvalue weighted by Gasteiger charge is -2.16. The van der Waals surface area contributed by atoms with Gasteiger partial charge in [0.25, 0.3) is 5.89 Å². The minimum absolute atomic E-state index is 0.179. The highest BCUT2D eigenvalue weighted by atomic mass is 35.5. The number of halogens is 1. The number of hydrogen-bond acceptors (Lipinski definition) is 8. The summed E-state index contributed by atoms with van der Waals surface area (Å²) in [6.07, 6.45) is 4.35. The van der Waals surface area contributed by atoms with Crippen LogP contribution in [0.5, 0.6) is 0 Å². The lowest BCUT2D eigenvalue weighted by Crippen LogP contribution is -2.31. The highest BCUT2D eigenvalue weighted by Gasteiger charge is 2.21. The molecule has 4 rings (SSSR count). The van der Waals surface area contributed by atoms with Crippen molar-refractivity contribution in [3.63, 3.8) is 0 Å². The molecule has 164 valence electrons. The zero-order chi connectivity index (χ0) is 22.7. The standard InChI is InChI=1S/C21H20ClN7O3/c1-12-4-3-5-13(8-12)15(10-30)25-19(31)20-26-16(11-32-20)18-14(22)9-23-21(28-18)27-17-6-7-24-29(17)2/h3-9,11,15,30H,10H2,1-2H3,(H,25,31)(H,23,27,28)/t15-/m1/s1. The van der Waals surface area contributed by atoms with Gasteiger partial charge < -0.3 is 20.2 Å². The van der Waals surface area contributed by atoms with E-state index < -0.39 is 11.9 Å². The normalized spacial score (nSPS) is 11.9. The molecule has 32 heavy (non-hydrogen) atoms. The Balaban J connectivity index is 1.53. The van der Waals surface area contributed by atoms with Gasteiger partial charge in [-0.05, 0) is 12.5 Å². The fourth-order valence-electron chi connectivity index (χ4n) is 3.05. The van der Waals surface area contributed by atoms with Crippen molar-refractivity contribution < 1.29 is 14.3 Å². The van der Waals surface area contributed by atoms with Gasteiger partial charge >= 0.3 is 5.91 Å². The largest absolute Gasteiger partial charge is 0.440 e. The van der Waals surface area contributed by atoms with Gasteiger partial charge in [0.05, 0.1) is 30.1 Å². The van der Waals surface area contributed by atoms with Gasteiger partial charge in [-0.2, -0.15) is 5.10 Å². The van der Waals surface area contributed by atoms with E-state index in [4.69, 9.17) is 16.0 Å². The van der Waals surface area contributed by atoms with Crippen LogP contribution in [0.2, 0.25) is 5.02 Å². The first-order valence-electron chi connectivity index (χ1n) is 9.66. The van der Waals surface area contributed by atoms with Crippen molar-refractivity contribution >= 4 is 29.3 Å². The maximum atomic E-state index is 12.7. The molecule has 0 aliphatic heterocycles. The predicted molar refractivity (Wildman–Crippen MR) is 118 cm³/mol. The molecule has 1 atom stereocenters. The third-order valence-corrected chi connectivity index (χ3v) is 4.95. The number of nitrogens with one attached hydrogen (secondary N) is 2. The van der Waals surface area contributed by atoms with E-state index in [0.29, 0.717) is 11.5 Å². The van der Waals surface area contributed by atoms with E-state index >= 15 is 0 Å². The summed E-state index contributed by atoms with van der Waals surface area (Å²) < 4.78 is 6.97. The number of aliphatic hydroxyl groups is 1. The zero-order valence-corrected chi connectivity index (χ0v) is 18.0. The summed E-state index contributed by atoms with van der Waals surface area (Å²) in [7, 11) is 1.78. The maximum absolute atomic E-state index is 12.7. The number of oxazole rings is 1. The van der Waals surface area contributed by atoms with E-state index in [1.807, 2.05) is 31.2 Å². The van der Waals surface area contributed by atoms with Crippen LogP contribution in [0.3, 0.4) is 0 Å². The molecule has 0 bridgehead atoms. The van der Waals surface area contributed by atoms with Crippen LogP contribution in [0, 0.1) is 6.92 Å². The average molecular weight is 454 g/mol. The van der Waals surface area contributed by atoms with Gasteiger partial charge in [-0.1, -0.05) is 41.4 Å². The molecule has 3 N–H and O–H groups in total. The van der Waals surface area contributed by atoms with Crippen LogP contribution in [0.25, 0.3) is 11.4 Å². The Labute approximate surface area is 188 Å². The van der Waals surface area contributed by atoms with Crippen molar-refractivity contribution in [3.05, 3.63) is 71.0 Å². The van der Waals surface area contributed by atoms with Crippen LogP contribution in [0.1, 0.15) is 27.9 Å². The van der Waals surface area contributed by atoms with Gasteiger partial charge in [-0.25, -0.2) is 15.0 Å². The maximum Gasteiger partial charge on any atom is 0.307 e. The van der Waals surface area contributed by atoms with Crippen LogP contribution >= 0.6 is 11.6 Å². The Morgan fingerprint density at radius 1 is 1.31 bits per heavy atom. The number of carbonyl (C=O) groups excluding carboxylic acids is 1. The number of amides is 1. The summed E-state index contributed by atoms with van der Waals surface area (Å²) >= 11 is 6.25. The highest BCUT2D eigenvalue weighted by Crippen LogP contribution is 2.26. The van der Waals surface area contributed by atoms with Gasteiger partial charge in [0, 0.05) is 13.1 Å². The van der Waals surface area contributed by atoms with Crippen molar-refractivity contribution in [2.45, 2.75) is 13.0 Å². The van der Waals surface area contributed by atoms with E-state index in [0.717, 1.165) is 11.1 Å². The van der Waals surface area contributed by atoms with Crippen LogP contribution in [0.15, 0.2) is 53.4 Å². The molecule has 3 aromatic heterocycles. The van der Waals surface area contributed by atoms with Gasteiger partial charge in [0.1, 0.15) is 23.5 Å². The summed E-state index contributed by atoms with van der Waals surface area (Å²) in [5.41, 5.74) is 2.36. The molecule has 0 saturated carbocycles. The molecule has 0 spiro atoms. The minimum Gasteiger partial charge on any atom is -0.440 e. The van der Waals surface area contributed by atoms with E-state index in [2.05, 4.69) is 30.7 Å². The first-order chi connectivity index (χ1) is 15.4. The van der Waals surface area contributed by atoms with Crippen molar-refractivity contribution in [2.75, 3.05) is 11.9 Å². The molecule has 0 saturated heterocycles. The first kappa shape index (κ1) is 21.5. The molecular formula is C21H20ClN7O3. The second-order valence-electron chi connectivity index (χ2n) is 7.02.